The van der Waals surface area contributed by atoms with Gasteiger partial charge >= 0.3 is 0 Å². The second-order valence-corrected chi connectivity index (χ2v) is 6.96. The predicted molar refractivity (Wildman–Crippen MR) is 92.9 cm³/mol. The maximum absolute atomic E-state index is 12.3. The van der Waals surface area contributed by atoms with Crippen molar-refractivity contribution < 1.29 is 4.79 Å². The minimum absolute atomic E-state index is 0.0855. The molecule has 0 aliphatic heterocycles. The van der Waals surface area contributed by atoms with E-state index in [9.17, 15) is 4.79 Å². The highest BCUT2D eigenvalue weighted by Crippen LogP contribution is 2.29. The maximum atomic E-state index is 12.3. The number of halogens is 1. The van der Waals surface area contributed by atoms with Gasteiger partial charge in [0.2, 0.25) is 5.91 Å². The molecule has 3 rings (SSSR count). The first-order valence-corrected chi connectivity index (χ1v) is 8.51. The largest absolute Gasteiger partial charge is 0.356 e. The highest BCUT2D eigenvalue weighted by Gasteiger charge is 2.27. The number of benzene rings is 2. The summed E-state index contributed by atoms with van der Waals surface area (Å²) in [6.07, 6.45) is 2.60. The molecule has 0 spiro atoms. The van der Waals surface area contributed by atoms with Crippen LogP contribution in [0.1, 0.15) is 22.3 Å². The number of carbonyl (C=O) groups excluding carboxylic acids is 1. The summed E-state index contributed by atoms with van der Waals surface area (Å²) in [5.74, 6) is 0.266. The quantitative estimate of drug-likeness (QED) is 0.884. The summed E-state index contributed by atoms with van der Waals surface area (Å²) in [6.45, 7) is 2.79. The van der Waals surface area contributed by atoms with Crippen molar-refractivity contribution in [3.8, 4) is 0 Å². The van der Waals surface area contributed by atoms with Gasteiger partial charge in [-0.1, -0.05) is 51.8 Å². The highest BCUT2D eigenvalue weighted by atomic mass is 79.9. The first-order valence-electron chi connectivity index (χ1n) is 7.72. The summed E-state index contributed by atoms with van der Waals surface area (Å²) >= 11 is 3.49. The molecular formula is C19H20BrNO. The van der Waals surface area contributed by atoms with Gasteiger partial charge in [-0.25, -0.2) is 0 Å². The normalized spacial score (nSPS) is 16.4. The molecule has 0 saturated heterocycles. The summed E-state index contributed by atoms with van der Waals surface area (Å²) < 4.78 is 1.09. The van der Waals surface area contributed by atoms with Gasteiger partial charge in [0.1, 0.15) is 0 Å². The Morgan fingerprint density at radius 2 is 1.86 bits per heavy atom. The Hall–Kier alpha value is -1.61. The smallest absolute Gasteiger partial charge is 0.223 e. The number of nitrogens with one attached hydrogen (secondary N) is 1. The van der Waals surface area contributed by atoms with Crippen LogP contribution in [0.15, 0.2) is 46.9 Å². The fraction of sp³-hybridized carbons (Fsp3) is 0.316. The third-order valence-electron chi connectivity index (χ3n) is 4.31. The van der Waals surface area contributed by atoms with Crippen molar-refractivity contribution in [1.82, 2.24) is 5.32 Å². The van der Waals surface area contributed by atoms with Gasteiger partial charge in [-0.2, -0.15) is 0 Å². The summed E-state index contributed by atoms with van der Waals surface area (Å²) in [6, 6.07) is 14.8. The summed E-state index contributed by atoms with van der Waals surface area (Å²) in [4.78, 5) is 12.3. The van der Waals surface area contributed by atoms with E-state index in [1.54, 1.807) is 0 Å². The number of hydrogen-bond acceptors (Lipinski definition) is 1. The molecule has 114 valence electrons. The third-order valence-corrected chi connectivity index (χ3v) is 4.80. The van der Waals surface area contributed by atoms with Crippen molar-refractivity contribution in [2.24, 2.45) is 5.92 Å². The lowest BCUT2D eigenvalue weighted by Gasteiger charge is -2.10. The number of carbonyl (C=O) groups is 1. The average molecular weight is 358 g/mol. The van der Waals surface area contributed by atoms with E-state index < -0.39 is 0 Å². The minimum Gasteiger partial charge on any atom is -0.356 e. The lowest BCUT2D eigenvalue weighted by molar-refractivity contribution is -0.124. The van der Waals surface area contributed by atoms with Crippen LogP contribution in [-0.2, 0) is 24.1 Å². The molecule has 2 aromatic rings. The molecule has 0 fully saturated rings. The van der Waals surface area contributed by atoms with Crippen LogP contribution in [0.5, 0.6) is 0 Å². The van der Waals surface area contributed by atoms with Gasteiger partial charge in [-0.15, -0.1) is 0 Å². The molecule has 22 heavy (non-hydrogen) atoms. The standard InChI is InChI=1S/C19H20BrNO/c1-13-2-4-14(5-3-13)8-9-21-19(22)17-10-15-6-7-18(20)12-16(15)11-17/h2-7,12,17H,8-11H2,1H3,(H,21,22). The number of rotatable bonds is 4. The zero-order chi connectivity index (χ0) is 15.5. The van der Waals surface area contributed by atoms with E-state index in [2.05, 4.69) is 70.6 Å². The molecule has 2 aromatic carbocycles. The van der Waals surface area contributed by atoms with Gasteiger partial charge in [0.25, 0.3) is 0 Å². The van der Waals surface area contributed by atoms with Gasteiger partial charge in [-0.3, -0.25) is 4.79 Å². The van der Waals surface area contributed by atoms with Gasteiger partial charge < -0.3 is 5.32 Å². The first kappa shape index (κ1) is 15.3. The molecular weight excluding hydrogens is 338 g/mol. The van der Waals surface area contributed by atoms with E-state index in [-0.39, 0.29) is 11.8 Å². The number of amides is 1. The Balaban J connectivity index is 1.50. The van der Waals surface area contributed by atoms with Crippen molar-refractivity contribution in [1.29, 1.82) is 0 Å². The van der Waals surface area contributed by atoms with Crippen LogP contribution in [0, 0.1) is 12.8 Å². The monoisotopic (exact) mass is 357 g/mol. The van der Waals surface area contributed by atoms with Gasteiger partial charge in [0.15, 0.2) is 0 Å². The number of hydrogen-bond donors (Lipinski definition) is 1. The van der Waals surface area contributed by atoms with E-state index in [1.165, 1.54) is 22.3 Å². The fourth-order valence-electron chi connectivity index (χ4n) is 3.00. The van der Waals surface area contributed by atoms with Crippen molar-refractivity contribution in [2.75, 3.05) is 6.54 Å². The van der Waals surface area contributed by atoms with Crippen LogP contribution in [0.4, 0.5) is 0 Å². The van der Waals surface area contributed by atoms with E-state index in [0.717, 1.165) is 23.7 Å². The Morgan fingerprint density at radius 3 is 2.64 bits per heavy atom. The molecule has 1 aliphatic carbocycles. The Kier molecular flexibility index (Phi) is 4.63. The second kappa shape index (κ2) is 6.66. The SMILES string of the molecule is Cc1ccc(CCNC(=O)C2Cc3ccc(Br)cc3C2)cc1. The average Bonchev–Trinajstić information content (AvgIpc) is 2.92. The van der Waals surface area contributed by atoms with Crippen molar-refractivity contribution in [2.45, 2.75) is 26.2 Å². The Bertz CT molecular complexity index is 678. The highest BCUT2D eigenvalue weighted by molar-refractivity contribution is 9.10. The van der Waals surface area contributed by atoms with Gasteiger partial charge in [-0.05, 0) is 55.0 Å². The predicted octanol–water partition coefficient (Wildman–Crippen LogP) is 3.83. The van der Waals surface area contributed by atoms with Crippen molar-refractivity contribution in [3.05, 3.63) is 69.2 Å². The van der Waals surface area contributed by atoms with Crippen LogP contribution in [0.3, 0.4) is 0 Å². The molecule has 1 atom stereocenters. The van der Waals surface area contributed by atoms with E-state index in [1.807, 2.05) is 0 Å². The molecule has 0 aromatic heterocycles. The Labute approximate surface area is 140 Å². The summed E-state index contributed by atoms with van der Waals surface area (Å²) in [5, 5.41) is 3.09. The van der Waals surface area contributed by atoms with Crippen LogP contribution in [-0.4, -0.2) is 12.5 Å². The summed E-state index contributed by atoms with van der Waals surface area (Å²) in [5.41, 5.74) is 5.14. The van der Waals surface area contributed by atoms with Gasteiger partial charge in [0.05, 0.1) is 0 Å². The first-order chi connectivity index (χ1) is 10.6. The van der Waals surface area contributed by atoms with Crippen molar-refractivity contribution >= 4 is 21.8 Å². The third kappa shape index (κ3) is 3.58. The van der Waals surface area contributed by atoms with E-state index >= 15 is 0 Å². The summed E-state index contributed by atoms with van der Waals surface area (Å²) in [7, 11) is 0. The molecule has 3 heteroatoms. The number of aryl methyl sites for hydroxylation is 1. The van der Waals surface area contributed by atoms with Crippen LogP contribution < -0.4 is 5.32 Å². The second-order valence-electron chi connectivity index (χ2n) is 6.04. The molecule has 1 amide bonds. The zero-order valence-corrected chi connectivity index (χ0v) is 14.3. The Morgan fingerprint density at radius 1 is 1.14 bits per heavy atom. The molecule has 2 nitrogen and oxygen atoms in total. The van der Waals surface area contributed by atoms with Gasteiger partial charge in [0, 0.05) is 16.9 Å². The van der Waals surface area contributed by atoms with Crippen LogP contribution in [0.2, 0.25) is 0 Å². The van der Waals surface area contributed by atoms with Crippen LogP contribution >= 0.6 is 15.9 Å². The zero-order valence-electron chi connectivity index (χ0n) is 12.7. The van der Waals surface area contributed by atoms with Crippen LogP contribution in [0.25, 0.3) is 0 Å². The fourth-order valence-corrected chi connectivity index (χ4v) is 3.41. The molecule has 0 saturated carbocycles. The molecule has 0 radical (unpaired) electrons. The maximum Gasteiger partial charge on any atom is 0.223 e. The van der Waals surface area contributed by atoms with E-state index in [4.69, 9.17) is 0 Å². The molecule has 1 aliphatic rings. The molecule has 0 bridgehead atoms. The topological polar surface area (TPSA) is 29.1 Å². The number of fused-ring (bicyclic) bond motifs is 1. The molecule has 1 unspecified atom stereocenters. The molecule has 0 heterocycles. The van der Waals surface area contributed by atoms with Crippen molar-refractivity contribution in [3.63, 3.8) is 0 Å². The lowest BCUT2D eigenvalue weighted by atomic mass is 10.1. The van der Waals surface area contributed by atoms with E-state index in [0.29, 0.717) is 6.54 Å². The lowest BCUT2D eigenvalue weighted by Crippen LogP contribution is -2.32. The minimum atomic E-state index is 0.0855. The molecule has 1 N–H and O–H groups in total.